The molecule has 0 saturated carbocycles. The zero-order chi connectivity index (χ0) is 12.6. The van der Waals surface area contributed by atoms with E-state index < -0.39 is 0 Å². The maximum absolute atomic E-state index is 6.33. The Hall–Kier alpha value is -0.550. The molecular weight excluding hydrogens is 254 g/mol. The second-order valence-corrected chi connectivity index (χ2v) is 5.61. The smallest absolute Gasteiger partial charge is 0.197 e. The summed E-state index contributed by atoms with van der Waals surface area (Å²) >= 11 is 6.00. The zero-order valence-electron chi connectivity index (χ0n) is 10.2. The summed E-state index contributed by atoms with van der Waals surface area (Å²) in [4.78, 5) is 0. The first-order valence-electron chi connectivity index (χ1n) is 6.40. The number of furan rings is 1. The fourth-order valence-corrected chi connectivity index (χ4v) is 3.27. The minimum absolute atomic E-state index is 0.0855. The Morgan fingerprint density at radius 3 is 3.00 bits per heavy atom. The highest BCUT2D eigenvalue weighted by molar-refractivity contribution is 6.29. The van der Waals surface area contributed by atoms with Gasteiger partial charge in [0.2, 0.25) is 0 Å². The van der Waals surface area contributed by atoms with Crippen molar-refractivity contribution in [2.24, 2.45) is 11.7 Å². The predicted molar refractivity (Wildman–Crippen MR) is 67.5 cm³/mol. The number of nitrogens with two attached hydrogens (primary N) is 1. The third-order valence-electron chi connectivity index (χ3n) is 4.11. The monoisotopic (exact) mass is 271 g/mol. The van der Waals surface area contributed by atoms with E-state index in [1.54, 1.807) is 6.26 Å². The summed E-state index contributed by atoms with van der Waals surface area (Å²) in [5, 5.41) is 0.408. The van der Waals surface area contributed by atoms with Gasteiger partial charge in [0.1, 0.15) is 0 Å². The Bertz CT molecular complexity index is 414. The van der Waals surface area contributed by atoms with E-state index in [9.17, 15) is 0 Å². The van der Waals surface area contributed by atoms with Gasteiger partial charge in [-0.2, -0.15) is 0 Å². The third-order valence-corrected chi connectivity index (χ3v) is 4.42. The van der Waals surface area contributed by atoms with Crippen molar-refractivity contribution in [3.8, 4) is 0 Å². The van der Waals surface area contributed by atoms with Crippen LogP contribution < -0.4 is 5.73 Å². The molecule has 0 aromatic carbocycles. The molecule has 0 radical (unpaired) electrons. The van der Waals surface area contributed by atoms with Gasteiger partial charge in [0.05, 0.1) is 18.5 Å². The van der Waals surface area contributed by atoms with E-state index in [0.717, 1.165) is 38.0 Å². The van der Waals surface area contributed by atoms with Gasteiger partial charge in [-0.15, -0.1) is 0 Å². The number of hydrogen-bond acceptors (Lipinski definition) is 4. The van der Waals surface area contributed by atoms with Crippen LogP contribution in [0.4, 0.5) is 0 Å². The third kappa shape index (κ3) is 2.18. The zero-order valence-corrected chi connectivity index (χ0v) is 11.0. The Kier molecular flexibility index (Phi) is 3.36. The van der Waals surface area contributed by atoms with Gasteiger partial charge < -0.3 is 19.6 Å². The highest BCUT2D eigenvalue weighted by atomic mass is 35.5. The quantitative estimate of drug-likeness (QED) is 0.898. The fraction of sp³-hybridized carbons (Fsp3) is 0.692. The first-order chi connectivity index (χ1) is 8.70. The molecule has 3 rings (SSSR count). The standard InChI is InChI=1S/C13H18ClNO3/c14-12-10(2-4-17-12)11(15)9-1-5-18-13(7-9)3-6-16-8-13/h2,4,9,11H,1,3,5-8,15H2. The first kappa shape index (κ1) is 12.5. The molecule has 2 aliphatic rings. The van der Waals surface area contributed by atoms with Crippen molar-refractivity contribution in [1.82, 2.24) is 0 Å². The number of ether oxygens (including phenoxy) is 2. The van der Waals surface area contributed by atoms with E-state index in [2.05, 4.69) is 0 Å². The van der Waals surface area contributed by atoms with E-state index >= 15 is 0 Å². The lowest BCUT2D eigenvalue weighted by atomic mass is 9.80. The molecule has 3 heterocycles. The Labute approximate surface area is 111 Å². The van der Waals surface area contributed by atoms with Crippen LogP contribution in [0.5, 0.6) is 0 Å². The minimum atomic E-state index is -0.114. The molecule has 0 aliphatic carbocycles. The van der Waals surface area contributed by atoms with E-state index in [-0.39, 0.29) is 11.6 Å². The van der Waals surface area contributed by atoms with Gasteiger partial charge in [-0.25, -0.2) is 0 Å². The number of rotatable bonds is 2. The van der Waals surface area contributed by atoms with Crippen molar-refractivity contribution >= 4 is 11.6 Å². The summed E-state index contributed by atoms with van der Waals surface area (Å²) in [6.45, 7) is 2.22. The average molecular weight is 272 g/mol. The minimum Gasteiger partial charge on any atom is -0.453 e. The maximum Gasteiger partial charge on any atom is 0.197 e. The summed E-state index contributed by atoms with van der Waals surface area (Å²) in [5.41, 5.74) is 7.11. The lowest BCUT2D eigenvalue weighted by Crippen LogP contribution is -2.43. The topological polar surface area (TPSA) is 57.6 Å². The van der Waals surface area contributed by atoms with Gasteiger partial charge in [-0.1, -0.05) is 0 Å². The molecule has 100 valence electrons. The SMILES string of the molecule is NC(c1ccoc1Cl)C1CCOC2(CCOC2)C1. The van der Waals surface area contributed by atoms with Crippen molar-refractivity contribution in [2.45, 2.75) is 30.9 Å². The molecule has 2 fully saturated rings. The van der Waals surface area contributed by atoms with Crippen molar-refractivity contribution in [3.05, 3.63) is 23.1 Å². The summed E-state index contributed by atoms with van der Waals surface area (Å²) in [6, 6.07) is 1.78. The highest BCUT2D eigenvalue weighted by Crippen LogP contribution is 2.41. The largest absolute Gasteiger partial charge is 0.453 e. The lowest BCUT2D eigenvalue weighted by molar-refractivity contribution is -0.101. The molecule has 2 N–H and O–H groups in total. The molecule has 2 saturated heterocycles. The van der Waals surface area contributed by atoms with Crippen LogP contribution in [0.3, 0.4) is 0 Å². The molecule has 4 nitrogen and oxygen atoms in total. The Morgan fingerprint density at radius 2 is 2.33 bits per heavy atom. The lowest BCUT2D eigenvalue weighted by Gasteiger charge is -2.39. The van der Waals surface area contributed by atoms with E-state index in [0.29, 0.717) is 17.7 Å². The molecule has 18 heavy (non-hydrogen) atoms. The van der Waals surface area contributed by atoms with Gasteiger partial charge in [0.25, 0.3) is 0 Å². The Morgan fingerprint density at radius 1 is 1.44 bits per heavy atom. The molecule has 3 atom stereocenters. The van der Waals surface area contributed by atoms with Gasteiger partial charge in [0, 0.05) is 31.2 Å². The highest BCUT2D eigenvalue weighted by Gasteiger charge is 2.43. The first-order valence-corrected chi connectivity index (χ1v) is 6.78. The summed E-state index contributed by atoms with van der Waals surface area (Å²) < 4.78 is 16.5. The van der Waals surface area contributed by atoms with Crippen molar-refractivity contribution in [3.63, 3.8) is 0 Å². The van der Waals surface area contributed by atoms with Crippen LogP contribution in [0.2, 0.25) is 5.22 Å². The molecule has 1 aromatic heterocycles. The van der Waals surface area contributed by atoms with E-state index in [4.69, 9.17) is 31.2 Å². The molecular formula is C13H18ClNO3. The normalized spacial score (nSPS) is 34.0. The van der Waals surface area contributed by atoms with Gasteiger partial charge in [-0.3, -0.25) is 0 Å². The van der Waals surface area contributed by atoms with Gasteiger partial charge >= 0.3 is 0 Å². The maximum atomic E-state index is 6.33. The van der Waals surface area contributed by atoms with Crippen molar-refractivity contribution in [1.29, 1.82) is 0 Å². The number of halogens is 1. The van der Waals surface area contributed by atoms with Crippen molar-refractivity contribution < 1.29 is 13.9 Å². The molecule has 1 spiro atoms. The van der Waals surface area contributed by atoms with Crippen LogP contribution in [0.15, 0.2) is 16.7 Å². The number of hydrogen-bond donors (Lipinski definition) is 1. The van der Waals surface area contributed by atoms with Crippen LogP contribution >= 0.6 is 11.6 Å². The summed E-state index contributed by atoms with van der Waals surface area (Å²) in [5.74, 6) is 0.371. The van der Waals surface area contributed by atoms with Gasteiger partial charge in [-0.05, 0) is 36.4 Å². The summed E-state index contributed by atoms with van der Waals surface area (Å²) in [7, 11) is 0. The van der Waals surface area contributed by atoms with E-state index in [1.165, 1.54) is 0 Å². The molecule has 5 heteroatoms. The van der Waals surface area contributed by atoms with Gasteiger partial charge in [0.15, 0.2) is 5.22 Å². The second kappa shape index (κ2) is 4.85. The average Bonchev–Trinajstić information content (AvgIpc) is 2.98. The molecule has 3 unspecified atom stereocenters. The predicted octanol–water partition coefficient (Wildman–Crippen LogP) is 2.52. The molecule has 0 amide bonds. The molecule has 1 aromatic rings. The van der Waals surface area contributed by atoms with Crippen LogP contribution in [0.1, 0.15) is 30.9 Å². The van der Waals surface area contributed by atoms with Crippen molar-refractivity contribution in [2.75, 3.05) is 19.8 Å². The molecule has 0 bridgehead atoms. The van der Waals surface area contributed by atoms with Crippen LogP contribution in [0, 0.1) is 5.92 Å². The molecule has 2 aliphatic heterocycles. The fourth-order valence-electron chi connectivity index (χ4n) is 3.03. The Balaban J connectivity index is 1.74. The van der Waals surface area contributed by atoms with Crippen LogP contribution in [0.25, 0.3) is 0 Å². The van der Waals surface area contributed by atoms with Crippen LogP contribution in [-0.2, 0) is 9.47 Å². The van der Waals surface area contributed by atoms with E-state index in [1.807, 2.05) is 6.07 Å². The second-order valence-electron chi connectivity index (χ2n) is 5.26. The van der Waals surface area contributed by atoms with Crippen LogP contribution in [-0.4, -0.2) is 25.4 Å². The summed E-state index contributed by atoms with van der Waals surface area (Å²) in [6.07, 6.45) is 4.46.